The summed E-state index contributed by atoms with van der Waals surface area (Å²) in [5.41, 5.74) is 1.01. The van der Waals surface area contributed by atoms with Crippen LogP contribution in [0.3, 0.4) is 0 Å². The molecule has 2 heterocycles. The average molecular weight is 563 g/mol. The largest absolute Gasteiger partial charge is 0.481 e. The van der Waals surface area contributed by atoms with Gasteiger partial charge in [0.05, 0.1) is 23.9 Å². The number of nitrogens with zero attached hydrogens (tertiary/aromatic N) is 3. The first-order chi connectivity index (χ1) is 18.3. The van der Waals surface area contributed by atoms with Crippen LogP contribution in [0.2, 0.25) is 0 Å². The topological polar surface area (TPSA) is 138 Å². The van der Waals surface area contributed by atoms with Gasteiger partial charge in [0.1, 0.15) is 16.5 Å². The second-order valence-electron chi connectivity index (χ2n) is 8.68. The molecular formula is C25H30N4O7S2. The highest BCUT2D eigenvalue weighted by atomic mass is 32.2. The minimum absolute atomic E-state index is 0.000932. The van der Waals surface area contributed by atoms with Gasteiger partial charge in [0, 0.05) is 38.9 Å². The van der Waals surface area contributed by atoms with E-state index >= 15 is 0 Å². The van der Waals surface area contributed by atoms with Gasteiger partial charge in [-0.05, 0) is 37.5 Å². The number of anilines is 1. The predicted molar refractivity (Wildman–Crippen MR) is 144 cm³/mol. The summed E-state index contributed by atoms with van der Waals surface area (Å²) in [6, 6.07) is 9.46. The molecule has 1 aliphatic carbocycles. The van der Waals surface area contributed by atoms with E-state index in [0.29, 0.717) is 46.4 Å². The van der Waals surface area contributed by atoms with Crippen LogP contribution in [-0.4, -0.2) is 75.9 Å². The van der Waals surface area contributed by atoms with Gasteiger partial charge >= 0.3 is 0 Å². The third kappa shape index (κ3) is 6.84. The van der Waals surface area contributed by atoms with Gasteiger partial charge in [-0.15, -0.1) is 0 Å². The maximum absolute atomic E-state index is 13.3. The Bertz CT molecular complexity index is 1390. The molecule has 1 N–H and O–H groups in total. The molecule has 0 aliphatic heterocycles. The number of amides is 1. The van der Waals surface area contributed by atoms with Crippen LogP contribution >= 0.6 is 11.3 Å². The summed E-state index contributed by atoms with van der Waals surface area (Å²) in [7, 11) is 1.22. The van der Waals surface area contributed by atoms with Crippen LogP contribution in [0.25, 0.3) is 10.3 Å². The van der Waals surface area contributed by atoms with Gasteiger partial charge in [0.2, 0.25) is 5.88 Å². The van der Waals surface area contributed by atoms with E-state index in [1.165, 1.54) is 37.7 Å². The second kappa shape index (κ2) is 12.6. The Hall–Kier alpha value is -3.13. The van der Waals surface area contributed by atoms with Gasteiger partial charge in [-0.3, -0.25) is 10.1 Å². The van der Waals surface area contributed by atoms with Crippen LogP contribution in [0.1, 0.15) is 31.2 Å². The highest BCUT2D eigenvalue weighted by molar-refractivity contribution is 7.91. The zero-order valence-electron chi connectivity index (χ0n) is 21.4. The van der Waals surface area contributed by atoms with Crippen molar-refractivity contribution in [3.8, 4) is 5.88 Å². The van der Waals surface area contributed by atoms with Gasteiger partial charge in [-0.25, -0.2) is 18.4 Å². The Morgan fingerprint density at radius 2 is 1.84 bits per heavy atom. The second-order valence-corrected chi connectivity index (χ2v) is 11.8. The number of hydrogen-bond acceptors (Lipinski definition) is 11. The molecule has 1 amide bonds. The SMILES string of the molecule is COCCCS(=O)(=O)c1ccc(/C(=N\O[C@@H]2CC[C@@H](OC)C2)C(=O)Nc2nc3ccc(OC)nc3s2)cc1. The number of carbonyl (C=O) groups excluding carboxylic acids is 1. The molecule has 1 aliphatic rings. The number of rotatable bonds is 12. The molecule has 1 saturated carbocycles. The Morgan fingerprint density at radius 1 is 1.08 bits per heavy atom. The van der Waals surface area contributed by atoms with Crippen molar-refractivity contribution in [3.63, 3.8) is 0 Å². The quantitative estimate of drug-likeness (QED) is 0.200. The van der Waals surface area contributed by atoms with E-state index in [1.807, 2.05) is 0 Å². The van der Waals surface area contributed by atoms with Crippen molar-refractivity contribution in [2.45, 2.75) is 42.8 Å². The minimum Gasteiger partial charge on any atom is -0.481 e. The fourth-order valence-corrected chi connectivity index (χ4v) is 6.13. The number of carbonyl (C=O) groups is 1. The number of nitrogens with one attached hydrogen (secondary N) is 1. The zero-order chi connectivity index (χ0) is 27.1. The molecule has 0 saturated heterocycles. The Kier molecular flexibility index (Phi) is 9.26. The lowest BCUT2D eigenvalue weighted by molar-refractivity contribution is -0.110. The fraction of sp³-hybridized carbons (Fsp3) is 0.440. The van der Waals surface area contributed by atoms with Gasteiger partial charge < -0.3 is 19.0 Å². The standard InChI is InChI=1S/C25H30N4O7S2/c1-33-13-4-14-38(31,32)19-9-5-16(6-10-19)22(29-36-18-8-7-17(15-18)34-2)23(30)28-25-26-20-11-12-21(35-3)27-24(20)37-25/h5-6,9-12,17-18H,4,7-8,13-15H2,1-3H3,(H,26,28,30)/b29-22+/t17-,18-/m1/s1. The third-order valence-corrected chi connectivity index (χ3v) is 8.78. The van der Waals surface area contributed by atoms with E-state index < -0.39 is 15.7 Å². The van der Waals surface area contributed by atoms with Crippen molar-refractivity contribution < 1.29 is 32.3 Å². The van der Waals surface area contributed by atoms with Crippen molar-refractivity contribution in [2.24, 2.45) is 5.16 Å². The number of pyridine rings is 1. The van der Waals surface area contributed by atoms with E-state index in [0.717, 1.165) is 12.8 Å². The third-order valence-electron chi connectivity index (χ3n) is 6.09. The molecule has 2 aromatic heterocycles. The lowest BCUT2D eigenvalue weighted by atomic mass is 10.1. The first-order valence-electron chi connectivity index (χ1n) is 12.0. The normalized spacial score (nSPS) is 18.0. The van der Waals surface area contributed by atoms with Gasteiger partial charge in [-0.1, -0.05) is 28.6 Å². The summed E-state index contributed by atoms with van der Waals surface area (Å²) in [5.74, 6) is -0.144. The van der Waals surface area contributed by atoms with Crippen LogP contribution in [0.4, 0.5) is 5.13 Å². The molecular weight excluding hydrogens is 532 g/mol. The fourth-order valence-electron chi connectivity index (χ4n) is 4.02. The van der Waals surface area contributed by atoms with Crippen molar-refractivity contribution in [3.05, 3.63) is 42.0 Å². The number of benzene rings is 1. The molecule has 0 unspecified atom stereocenters. The van der Waals surface area contributed by atoms with E-state index in [1.54, 1.807) is 31.4 Å². The van der Waals surface area contributed by atoms with Gasteiger partial charge in [-0.2, -0.15) is 0 Å². The Labute approximate surface area is 225 Å². The molecule has 13 heteroatoms. The van der Waals surface area contributed by atoms with Crippen LogP contribution in [-0.2, 0) is 28.9 Å². The van der Waals surface area contributed by atoms with E-state index in [-0.39, 0.29) is 28.6 Å². The smallest absolute Gasteiger partial charge is 0.280 e. The minimum atomic E-state index is -3.49. The molecule has 11 nitrogen and oxygen atoms in total. The number of sulfone groups is 1. The summed E-state index contributed by atoms with van der Waals surface area (Å²) in [6.45, 7) is 0.352. The molecule has 204 valence electrons. The van der Waals surface area contributed by atoms with Crippen LogP contribution < -0.4 is 10.1 Å². The van der Waals surface area contributed by atoms with E-state index in [2.05, 4.69) is 20.4 Å². The molecule has 2 atom stereocenters. The van der Waals surface area contributed by atoms with Gasteiger partial charge in [0.25, 0.3) is 5.91 Å². The monoisotopic (exact) mass is 562 g/mol. The number of oxime groups is 1. The van der Waals surface area contributed by atoms with Crippen LogP contribution in [0.5, 0.6) is 5.88 Å². The number of hydrogen-bond donors (Lipinski definition) is 1. The predicted octanol–water partition coefficient (Wildman–Crippen LogP) is 3.44. The van der Waals surface area contributed by atoms with Gasteiger partial charge in [0.15, 0.2) is 20.7 Å². The summed E-state index contributed by atoms with van der Waals surface area (Å²) in [4.78, 5) is 28.6. The highest BCUT2D eigenvalue weighted by Gasteiger charge is 2.27. The first kappa shape index (κ1) is 27.9. The van der Waals surface area contributed by atoms with Crippen molar-refractivity contribution in [1.82, 2.24) is 9.97 Å². The first-order valence-corrected chi connectivity index (χ1v) is 14.5. The number of fused-ring (bicyclic) bond motifs is 1. The van der Waals surface area contributed by atoms with Crippen molar-refractivity contribution >= 4 is 48.3 Å². The highest BCUT2D eigenvalue weighted by Crippen LogP contribution is 2.27. The van der Waals surface area contributed by atoms with Crippen LogP contribution in [0.15, 0.2) is 46.4 Å². The number of thiazole rings is 1. The van der Waals surface area contributed by atoms with Crippen molar-refractivity contribution in [2.75, 3.05) is 39.0 Å². The summed E-state index contributed by atoms with van der Waals surface area (Å²) in [6.07, 6.45) is 2.54. The molecule has 0 spiro atoms. The number of aromatic nitrogens is 2. The molecule has 1 aromatic carbocycles. The summed E-state index contributed by atoms with van der Waals surface area (Å²) >= 11 is 1.19. The molecule has 38 heavy (non-hydrogen) atoms. The van der Waals surface area contributed by atoms with E-state index in [9.17, 15) is 13.2 Å². The Morgan fingerprint density at radius 3 is 2.53 bits per heavy atom. The molecule has 4 rings (SSSR count). The lowest BCUT2D eigenvalue weighted by Crippen LogP contribution is -2.25. The van der Waals surface area contributed by atoms with E-state index in [4.69, 9.17) is 19.0 Å². The number of ether oxygens (including phenoxy) is 3. The molecule has 0 radical (unpaired) electrons. The number of methoxy groups -OCH3 is 3. The average Bonchev–Trinajstić information content (AvgIpc) is 3.54. The zero-order valence-corrected chi connectivity index (χ0v) is 23.0. The summed E-state index contributed by atoms with van der Waals surface area (Å²) in [5, 5.41) is 7.29. The molecule has 1 fully saturated rings. The lowest BCUT2D eigenvalue weighted by Gasteiger charge is -2.12. The van der Waals surface area contributed by atoms with Crippen LogP contribution in [0, 0.1) is 0 Å². The maximum Gasteiger partial charge on any atom is 0.280 e. The Balaban J connectivity index is 1.57. The van der Waals surface area contributed by atoms with Crippen molar-refractivity contribution in [1.29, 1.82) is 0 Å². The molecule has 0 bridgehead atoms. The molecule has 3 aromatic rings. The summed E-state index contributed by atoms with van der Waals surface area (Å²) < 4.78 is 40.8. The maximum atomic E-state index is 13.3.